The van der Waals surface area contributed by atoms with Crippen LogP contribution < -0.4 is 14.3 Å². The molecule has 0 aliphatic carbocycles. The zero-order valence-corrected chi connectivity index (χ0v) is 18.6. The van der Waals surface area contributed by atoms with Gasteiger partial charge in [-0.2, -0.15) is 4.48 Å². The molecule has 0 bridgehead atoms. The van der Waals surface area contributed by atoms with Crippen LogP contribution in [0.5, 0.6) is 0 Å². The molecule has 3 heteroatoms. The van der Waals surface area contributed by atoms with Crippen molar-refractivity contribution in [2.45, 2.75) is 0 Å². The van der Waals surface area contributed by atoms with Gasteiger partial charge in [-0.25, -0.2) is 0 Å². The van der Waals surface area contributed by atoms with E-state index in [4.69, 9.17) is 0 Å². The van der Waals surface area contributed by atoms with E-state index in [9.17, 15) is 0 Å². The highest BCUT2D eigenvalue weighted by Gasteiger charge is 2.47. The first kappa shape index (κ1) is 19.4. The largest absolute Gasteiger partial charge is 0.378 e. The highest BCUT2D eigenvalue weighted by Crippen LogP contribution is 2.62. The molecule has 0 amide bonds. The van der Waals surface area contributed by atoms with E-state index in [1.165, 1.54) is 45.3 Å². The number of quaternary nitrogens is 1. The van der Waals surface area contributed by atoms with Crippen molar-refractivity contribution in [3.63, 3.8) is 0 Å². The van der Waals surface area contributed by atoms with Crippen LogP contribution in [0.25, 0.3) is 11.1 Å². The summed E-state index contributed by atoms with van der Waals surface area (Å²) < 4.78 is 0.591. The normalized spacial score (nSPS) is 13.4. The molecular weight excluding hydrogens is 378 g/mol. The summed E-state index contributed by atoms with van der Waals surface area (Å²) in [5.74, 6) is 0. The third-order valence-electron chi connectivity index (χ3n) is 6.33. The van der Waals surface area contributed by atoms with E-state index in [1.54, 1.807) is 0 Å². The molecule has 31 heavy (non-hydrogen) atoms. The highest BCUT2D eigenvalue weighted by atomic mass is 15.4. The molecule has 1 heterocycles. The summed E-state index contributed by atoms with van der Waals surface area (Å²) >= 11 is 0. The number of anilines is 2. The minimum atomic E-state index is 0.591. The van der Waals surface area contributed by atoms with Crippen LogP contribution in [0, 0.1) is 0 Å². The number of rotatable bonds is 4. The van der Waals surface area contributed by atoms with E-state index < -0.39 is 0 Å². The second kappa shape index (κ2) is 7.29. The van der Waals surface area contributed by atoms with Gasteiger partial charge >= 0.3 is 0 Å². The Kier molecular flexibility index (Phi) is 4.57. The number of para-hydroxylation sites is 2. The number of benzene rings is 4. The van der Waals surface area contributed by atoms with Crippen LogP contribution in [-0.2, 0) is 0 Å². The number of nitrogens with zero attached hydrogens (tertiary/aromatic N) is 3. The van der Waals surface area contributed by atoms with Gasteiger partial charge in [-0.3, -0.25) is 0 Å². The molecule has 0 atom stereocenters. The van der Waals surface area contributed by atoms with Crippen LogP contribution >= 0.6 is 0 Å². The SMILES string of the molecule is CN(C)c1ccc([N+]2(c3ccc(N(C)C)cc3)c3ccccc3-c3ccccc32)cc1. The van der Waals surface area contributed by atoms with Crippen LogP contribution in [0.15, 0.2) is 97.1 Å². The number of hydrogen-bond acceptors (Lipinski definition) is 2. The van der Waals surface area contributed by atoms with Crippen molar-refractivity contribution in [2.75, 3.05) is 38.0 Å². The van der Waals surface area contributed by atoms with Crippen LogP contribution in [0.1, 0.15) is 0 Å². The predicted octanol–water partition coefficient (Wildman–Crippen LogP) is 7.10. The van der Waals surface area contributed by atoms with E-state index in [0.29, 0.717) is 4.48 Å². The maximum absolute atomic E-state index is 2.27. The fourth-order valence-electron chi connectivity index (χ4n) is 4.77. The lowest BCUT2D eigenvalue weighted by molar-refractivity contribution is 0.721. The molecule has 1 aliphatic heterocycles. The van der Waals surface area contributed by atoms with Gasteiger partial charge < -0.3 is 9.80 Å². The minimum Gasteiger partial charge on any atom is -0.378 e. The minimum absolute atomic E-state index is 0.591. The Balaban J connectivity index is 1.84. The number of hydrogen-bond donors (Lipinski definition) is 0. The summed E-state index contributed by atoms with van der Waals surface area (Å²) in [6.07, 6.45) is 0. The lowest BCUT2D eigenvalue weighted by Crippen LogP contribution is -2.31. The van der Waals surface area contributed by atoms with Crippen molar-refractivity contribution in [1.82, 2.24) is 4.48 Å². The van der Waals surface area contributed by atoms with Crippen molar-refractivity contribution >= 4 is 34.1 Å². The van der Waals surface area contributed by atoms with Crippen LogP contribution in [-0.4, -0.2) is 28.2 Å². The van der Waals surface area contributed by atoms with E-state index in [0.717, 1.165) is 0 Å². The van der Waals surface area contributed by atoms with Gasteiger partial charge in [-0.1, -0.05) is 24.3 Å². The Morgan fingerprint density at radius 3 is 1.16 bits per heavy atom. The molecule has 1 aliphatic rings. The monoisotopic (exact) mass is 406 g/mol. The topological polar surface area (TPSA) is 6.48 Å². The predicted molar refractivity (Wildman–Crippen MR) is 134 cm³/mol. The summed E-state index contributed by atoms with van der Waals surface area (Å²) in [5.41, 5.74) is 10.0. The molecule has 4 aromatic carbocycles. The summed E-state index contributed by atoms with van der Waals surface area (Å²) in [5, 5.41) is 0. The van der Waals surface area contributed by atoms with Gasteiger partial charge in [-0.15, -0.1) is 0 Å². The van der Waals surface area contributed by atoms with Gasteiger partial charge in [0.15, 0.2) is 11.4 Å². The summed E-state index contributed by atoms with van der Waals surface area (Å²) in [6, 6.07) is 35.6. The Morgan fingerprint density at radius 1 is 0.452 bits per heavy atom. The van der Waals surface area contributed by atoms with Gasteiger partial charge in [0.05, 0.1) is 11.1 Å². The molecule has 0 saturated heterocycles. The lowest BCUT2D eigenvalue weighted by atomic mass is 10.1. The molecule has 0 fully saturated rings. The van der Waals surface area contributed by atoms with Crippen LogP contribution in [0.3, 0.4) is 0 Å². The van der Waals surface area contributed by atoms with Gasteiger partial charge in [0, 0.05) is 76.0 Å². The van der Waals surface area contributed by atoms with Crippen molar-refractivity contribution in [1.29, 1.82) is 0 Å². The maximum atomic E-state index is 2.27. The second-order valence-electron chi connectivity index (χ2n) is 8.53. The zero-order chi connectivity index (χ0) is 21.6. The van der Waals surface area contributed by atoms with Gasteiger partial charge in [0.2, 0.25) is 0 Å². The molecule has 4 aromatic rings. The molecule has 0 radical (unpaired) electrons. The van der Waals surface area contributed by atoms with Crippen molar-refractivity contribution in [3.8, 4) is 11.1 Å². The van der Waals surface area contributed by atoms with Crippen LogP contribution in [0.4, 0.5) is 34.1 Å². The summed E-state index contributed by atoms with van der Waals surface area (Å²) in [4.78, 5) is 4.29. The first-order valence-electron chi connectivity index (χ1n) is 10.7. The van der Waals surface area contributed by atoms with E-state index in [1.807, 2.05) is 0 Å². The van der Waals surface area contributed by atoms with Gasteiger partial charge in [0.1, 0.15) is 11.4 Å². The molecular formula is C28H28N3+. The molecule has 0 unspecified atom stereocenters. The van der Waals surface area contributed by atoms with Crippen LogP contribution in [0.2, 0.25) is 0 Å². The first-order chi connectivity index (χ1) is 15.0. The summed E-state index contributed by atoms with van der Waals surface area (Å²) in [7, 11) is 8.33. The van der Waals surface area contributed by atoms with Gasteiger partial charge in [-0.05, 0) is 36.4 Å². The summed E-state index contributed by atoms with van der Waals surface area (Å²) in [6.45, 7) is 0. The average Bonchev–Trinajstić information content (AvgIpc) is 3.11. The first-order valence-corrected chi connectivity index (χ1v) is 10.7. The van der Waals surface area contributed by atoms with Crippen molar-refractivity contribution < 1.29 is 0 Å². The Morgan fingerprint density at radius 2 is 0.806 bits per heavy atom. The Labute approximate surface area is 185 Å². The van der Waals surface area contributed by atoms with Gasteiger partial charge in [0.25, 0.3) is 0 Å². The fraction of sp³-hybridized carbons (Fsp3) is 0.143. The number of fused-ring (bicyclic) bond motifs is 3. The Hall–Kier alpha value is -3.56. The molecule has 0 aromatic heterocycles. The molecule has 5 rings (SSSR count). The standard InChI is InChI=1S/C28H28N3/c1-29(2)21-13-17-23(18-14-21)31(24-19-15-22(16-20-24)30(3)4)27-11-7-5-9-25(27)26-10-6-8-12-28(26)31/h5-20H,1-4H3/q+1. The lowest BCUT2D eigenvalue weighted by Gasteiger charge is -2.34. The fourth-order valence-corrected chi connectivity index (χ4v) is 4.77. The molecule has 0 saturated carbocycles. The van der Waals surface area contributed by atoms with Crippen molar-refractivity contribution in [3.05, 3.63) is 97.1 Å². The second-order valence-corrected chi connectivity index (χ2v) is 8.53. The highest BCUT2D eigenvalue weighted by molar-refractivity contribution is 6.02. The third kappa shape index (κ3) is 2.85. The molecule has 0 spiro atoms. The van der Waals surface area contributed by atoms with E-state index in [-0.39, 0.29) is 0 Å². The quantitative estimate of drug-likeness (QED) is 0.294. The maximum Gasteiger partial charge on any atom is 0.156 e. The Bertz CT molecular complexity index is 1120. The smallest absolute Gasteiger partial charge is 0.156 e. The zero-order valence-electron chi connectivity index (χ0n) is 18.6. The molecule has 154 valence electrons. The third-order valence-corrected chi connectivity index (χ3v) is 6.33. The molecule has 0 N–H and O–H groups in total. The van der Waals surface area contributed by atoms with Crippen molar-refractivity contribution in [2.24, 2.45) is 0 Å². The van der Waals surface area contributed by atoms with E-state index >= 15 is 0 Å². The van der Waals surface area contributed by atoms with E-state index in [2.05, 4.69) is 135 Å². The molecule has 3 nitrogen and oxygen atoms in total. The average molecular weight is 407 g/mol.